The zero-order valence-corrected chi connectivity index (χ0v) is 23.4. The van der Waals surface area contributed by atoms with E-state index in [1.54, 1.807) is 0 Å². The molecule has 0 atom stereocenters. The van der Waals surface area contributed by atoms with E-state index in [0.29, 0.717) is 0 Å². The van der Waals surface area contributed by atoms with Crippen LogP contribution in [0.4, 0.5) is 22.7 Å². The number of anilines is 4. The summed E-state index contributed by atoms with van der Waals surface area (Å²) < 4.78 is 0. The smallest absolute Gasteiger partial charge is 0.0560 e. The van der Waals surface area contributed by atoms with Crippen LogP contribution in [-0.2, 0) is 12.8 Å². The molecule has 0 aromatic heterocycles. The molecule has 2 aromatic carbocycles. The maximum Gasteiger partial charge on any atom is 0.0560 e. The third-order valence-electron chi connectivity index (χ3n) is 5.83. The summed E-state index contributed by atoms with van der Waals surface area (Å²) in [7, 11) is 0. The van der Waals surface area contributed by atoms with Gasteiger partial charge in [-0.2, -0.15) is 0 Å². The van der Waals surface area contributed by atoms with Gasteiger partial charge in [-0.3, -0.25) is 0 Å². The van der Waals surface area contributed by atoms with Gasteiger partial charge in [-0.1, -0.05) is 25.6 Å². The van der Waals surface area contributed by atoms with Crippen molar-refractivity contribution in [3.63, 3.8) is 0 Å². The largest absolute Gasteiger partial charge is 0.372 e. The SMILES string of the molecule is Br.Br.CCc1cc(N(CC)CC)cc2c1Nc1c(CC)cc(N(CC)CC)cc1S2. The Hall–Kier alpha value is -0.850. The highest BCUT2D eigenvalue weighted by Gasteiger charge is 2.23. The Kier molecular flexibility index (Phi) is 11.1. The standard InChI is InChI=1S/C24H35N3S.2BrH/c1-7-17-13-19(26(9-3)10-4)15-21-23(17)25-24-18(8-2)14-20(16-22(24)28-21)27(11-5)12-6;;/h13-16,25H,7-12H2,1-6H3;2*1H. The summed E-state index contributed by atoms with van der Waals surface area (Å²) in [5.74, 6) is 0. The van der Waals surface area contributed by atoms with Crippen molar-refractivity contribution in [1.29, 1.82) is 0 Å². The number of rotatable bonds is 8. The molecule has 0 saturated carbocycles. The monoisotopic (exact) mass is 557 g/mol. The second-order valence-corrected chi connectivity index (χ2v) is 8.32. The Morgan fingerprint density at radius 2 is 1.00 bits per heavy atom. The van der Waals surface area contributed by atoms with Crippen LogP contribution in [0.2, 0.25) is 0 Å². The summed E-state index contributed by atoms with van der Waals surface area (Å²) in [4.78, 5) is 7.60. The third kappa shape index (κ3) is 5.31. The molecule has 1 N–H and O–H groups in total. The van der Waals surface area contributed by atoms with Crippen molar-refractivity contribution in [2.24, 2.45) is 0 Å². The maximum atomic E-state index is 3.83. The minimum absolute atomic E-state index is 0. The molecule has 168 valence electrons. The lowest BCUT2D eigenvalue weighted by molar-refractivity contribution is 0.860. The predicted octanol–water partition coefficient (Wildman–Crippen LogP) is 7.87. The molecule has 6 heteroatoms. The molecule has 0 unspecified atom stereocenters. The fraction of sp³-hybridized carbons (Fsp3) is 0.500. The molecule has 1 heterocycles. The first-order valence-electron chi connectivity index (χ1n) is 10.9. The van der Waals surface area contributed by atoms with E-state index in [-0.39, 0.29) is 34.0 Å². The number of fused-ring (bicyclic) bond motifs is 2. The van der Waals surface area contributed by atoms with Crippen LogP contribution in [0.3, 0.4) is 0 Å². The van der Waals surface area contributed by atoms with E-state index >= 15 is 0 Å². The topological polar surface area (TPSA) is 18.5 Å². The highest BCUT2D eigenvalue weighted by molar-refractivity contribution is 8.93. The van der Waals surface area contributed by atoms with Crippen molar-refractivity contribution >= 4 is 68.5 Å². The van der Waals surface area contributed by atoms with Gasteiger partial charge in [-0.25, -0.2) is 0 Å². The quantitative estimate of drug-likeness (QED) is 0.303. The lowest BCUT2D eigenvalue weighted by Crippen LogP contribution is -2.23. The minimum Gasteiger partial charge on any atom is -0.372 e. The van der Waals surface area contributed by atoms with Crippen LogP contribution in [0.15, 0.2) is 34.1 Å². The number of halogens is 2. The second kappa shape index (κ2) is 12.3. The van der Waals surface area contributed by atoms with E-state index in [1.165, 1.54) is 43.7 Å². The van der Waals surface area contributed by atoms with Crippen molar-refractivity contribution in [3.05, 3.63) is 35.4 Å². The fourth-order valence-electron chi connectivity index (χ4n) is 4.10. The molecule has 1 aliphatic heterocycles. The summed E-state index contributed by atoms with van der Waals surface area (Å²) in [6, 6.07) is 9.50. The maximum absolute atomic E-state index is 3.83. The zero-order chi connectivity index (χ0) is 20.3. The van der Waals surface area contributed by atoms with Gasteiger partial charge in [-0.15, -0.1) is 34.0 Å². The van der Waals surface area contributed by atoms with E-state index in [0.717, 1.165) is 39.0 Å². The predicted molar refractivity (Wildman–Crippen MR) is 147 cm³/mol. The van der Waals surface area contributed by atoms with E-state index < -0.39 is 0 Å². The van der Waals surface area contributed by atoms with Crippen LogP contribution in [0, 0.1) is 0 Å². The highest BCUT2D eigenvalue weighted by atomic mass is 79.9. The first-order valence-corrected chi connectivity index (χ1v) is 11.7. The average molecular weight is 559 g/mol. The minimum atomic E-state index is 0. The molecule has 1 aliphatic rings. The van der Waals surface area contributed by atoms with E-state index in [9.17, 15) is 0 Å². The number of hydrogen-bond acceptors (Lipinski definition) is 4. The molecule has 30 heavy (non-hydrogen) atoms. The molecule has 0 spiro atoms. The zero-order valence-electron chi connectivity index (χ0n) is 19.2. The first-order chi connectivity index (χ1) is 13.6. The normalized spacial score (nSPS) is 11.4. The Bertz CT molecular complexity index is 766. The van der Waals surface area contributed by atoms with Gasteiger partial charge in [0.15, 0.2) is 0 Å². The number of hydrogen-bond donors (Lipinski definition) is 1. The van der Waals surface area contributed by atoms with Crippen LogP contribution in [0.25, 0.3) is 0 Å². The van der Waals surface area contributed by atoms with Gasteiger partial charge in [0, 0.05) is 47.3 Å². The van der Waals surface area contributed by atoms with Gasteiger partial charge < -0.3 is 15.1 Å². The van der Waals surface area contributed by atoms with Crippen molar-refractivity contribution in [3.8, 4) is 0 Å². The summed E-state index contributed by atoms with van der Waals surface area (Å²) in [5.41, 5.74) is 8.12. The molecule has 0 aliphatic carbocycles. The summed E-state index contributed by atoms with van der Waals surface area (Å²) >= 11 is 1.93. The third-order valence-corrected chi connectivity index (χ3v) is 6.91. The van der Waals surface area contributed by atoms with Crippen molar-refractivity contribution < 1.29 is 0 Å². The molecule has 3 nitrogen and oxygen atoms in total. The molecule has 2 aromatic rings. The molecular weight excluding hydrogens is 522 g/mol. The van der Waals surface area contributed by atoms with E-state index in [4.69, 9.17) is 0 Å². The Morgan fingerprint density at radius 1 is 0.633 bits per heavy atom. The van der Waals surface area contributed by atoms with E-state index in [1.807, 2.05) is 11.8 Å². The van der Waals surface area contributed by atoms with Gasteiger partial charge in [-0.05, 0) is 75.9 Å². The highest BCUT2D eigenvalue weighted by Crippen LogP contribution is 2.49. The Balaban J connectivity index is 0.00000225. The molecule has 0 saturated heterocycles. The first kappa shape index (κ1) is 27.2. The fourth-order valence-corrected chi connectivity index (χ4v) is 5.27. The van der Waals surface area contributed by atoms with Gasteiger partial charge in [0.25, 0.3) is 0 Å². The van der Waals surface area contributed by atoms with Gasteiger partial charge in [0.1, 0.15) is 0 Å². The Morgan fingerprint density at radius 3 is 1.30 bits per heavy atom. The average Bonchev–Trinajstić information content (AvgIpc) is 2.73. The number of nitrogens with zero attached hydrogens (tertiary/aromatic N) is 2. The van der Waals surface area contributed by atoms with Gasteiger partial charge >= 0.3 is 0 Å². The van der Waals surface area contributed by atoms with Crippen molar-refractivity contribution in [2.75, 3.05) is 41.3 Å². The molecule has 0 bridgehead atoms. The summed E-state index contributed by atoms with van der Waals surface area (Å²) in [6.07, 6.45) is 2.08. The number of aryl methyl sites for hydroxylation is 2. The van der Waals surface area contributed by atoms with Crippen LogP contribution in [0.5, 0.6) is 0 Å². The summed E-state index contributed by atoms with van der Waals surface area (Å²) in [6.45, 7) is 17.6. The molecule has 0 amide bonds. The van der Waals surface area contributed by atoms with E-state index in [2.05, 4.69) is 80.9 Å². The second-order valence-electron chi connectivity index (χ2n) is 7.23. The Labute approximate surface area is 208 Å². The number of benzene rings is 2. The van der Waals surface area contributed by atoms with Gasteiger partial charge in [0.05, 0.1) is 11.4 Å². The molecular formula is C24H37Br2N3S. The van der Waals surface area contributed by atoms with Crippen molar-refractivity contribution in [2.45, 2.75) is 64.2 Å². The van der Waals surface area contributed by atoms with Crippen LogP contribution < -0.4 is 15.1 Å². The lowest BCUT2D eigenvalue weighted by atomic mass is 10.0. The van der Waals surface area contributed by atoms with Gasteiger partial charge in [0.2, 0.25) is 0 Å². The summed E-state index contributed by atoms with van der Waals surface area (Å²) in [5, 5.41) is 3.83. The van der Waals surface area contributed by atoms with Crippen LogP contribution in [0.1, 0.15) is 52.7 Å². The van der Waals surface area contributed by atoms with Crippen LogP contribution >= 0.6 is 45.7 Å². The number of nitrogens with one attached hydrogen (secondary N) is 1. The molecule has 0 fully saturated rings. The van der Waals surface area contributed by atoms with Crippen molar-refractivity contribution in [1.82, 2.24) is 0 Å². The molecule has 0 radical (unpaired) electrons. The molecule has 3 rings (SSSR count). The van der Waals surface area contributed by atoms with Crippen LogP contribution in [-0.4, -0.2) is 26.2 Å². The lowest BCUT2D eigenvalue weighted by Gasteiger charge is -2.30.